The van der Waals surface area contributed by atoms with Crippen molar-refractivity contribution in [1.29, 1.82) is 0 Å². The summed E-state index contributed by atoms with van der Waals surface area (Å²) in [7, 11) is -0.761. The highest BCUT2D eigenvalue weighted by Crippen LogP contribution is 2.42. The largest absolute Gasteiger partial charge is 0.455 e. The number of aromatic nitrogens is 1. The Labute approximate surface area is 242 Å². The van der Waals surface area contributed by atoms with Crippen molar-refractivity contribution in [1.82, 2.24) is 15.2 Å². The molecule has 4 aromatic rings. The Morgan fingerprint density at radius 3 is 2.48 bits per heavy atom. The molecular weight excluding hydrogens is 566 g/mol. The van der Waals surface area contributed by atoms with Crippen LogP contribution in [0.5, 0.6) is 0 Å². The summed E-state index contributed by atoms with van der Waals surface area (Å²) in [5, 5.41) is 3.09. The lowest BCUT2D eigenvalue weighted by Gasteiger charge is -2.35. The lowest BCUT2D eigenvalue weighted by Crippen LogP contribution is -2.40. The molecule has 0 spiro atoms. The zero-order chi connectivity index (χ0) is 30.2. The molecule has 9 nitrogen and oxygen atoms in total. The molecule has 3 heterocycles. The Hall–Kier alpha value is -4.32. The number of halogens is 2. The summed E-state index contributed by atoms with van der Waals surface area (Å²) in [6, 6.07) is 11.6. The molecule has 1 N–H and O–H groups in total. The number of anilines is 1. The molecule has 2 aromatic heterocycles. The smallest absolute Gasteiger partial charge is 0.255 e. The molecule has 2 amide bonds. The topological polar surface area (TPSA) is 113 Å². The highest BCUT2D eigenvalue weighted by atomic mass is 32.2. The fourth-order valence-corrected chi connectivity index (χ4v) is 5.83. The normalized spacial score (nSPS) is 15.5. The molecule has 2 aromatic carbocycles. The van der Waals surface area contributed by atoms with Crippen molar-refractivity contribution in [2.45, 2.75) is 25.2 Å². The Kier molecular flexibility index (Phi) is 8.00. The van der Waals surface area contributed by atoms with E-state index in [1.807, 2.05) is 0 Å². The summed E-state index contributed by atoms with van der Waals surface area (Å²) in [4.78, 5) is 32.0. The van der Waals surface area contributed by atoms with E-state index in [4.69, 9.17) is 4.42 Å². The van der Waals surface area contributed by atoms with Crippen LogP contribution in [0.25, 0.3) is 22.3 Å². The number of hydrogen-bond donors (Lipinski definition) is 1. The van der Waals surface area contributed by atoms with Gasteiger partial charge in [0.25, 0.3) is 5.91 Å². The van der Waals surface area contributed by atoms with Gasteiger partial charge in [-0.05, 0) is 60.9 Å². The van der Waals surface area contributed by atoms with Gasteiger partial charge in [-0.25, -0.2) is 17.2 Å². The number of hydrogen-bond acceptors (Lipinski definition) is 6. The second kappa shape index (κ2) is 11.5. The number of carbonyl (C=O) groups excluding carboxylic acids is 2. The van der Waals surface area contributed by atoms with Gasteiger partial charge >= 0.3 is 0 Å². The minimum absolute atomic E-state index is 0.00567. The number of fused-ring (bicyclic) bond motifs is 1. The van der Waals surface area contributed by atoms with E-state index in [1.54, 1.807) is 17.0 Å². The first-order valence-electron chi connectivity index (χ1n) is 13.4. The molecule has 1 atom stereocenters. The van der Waals surface area contributed by atoms with Crippen molar-refractivity contribution < 1.29 is 31.2 Å². The lowest BCUT2D eigenvalue weighted by atomic mass is 9.88. The predicted octanol–water partition coefficient (Wildman–Crippen LogP) is 4.48. The van der Waals surface area contributed by atoms with Crippen LogP contribution in [0.2, 0.25) is 0 Å². The maximum atomic E-state index is 13.7. The molecule has 1 fully saturated rings. The average molecular weight is 597 g/mol. The Morgan fingerprint density at radius 2 is 1.83 bits per heavy atom. The number of piperidine rings is 1. The third kappa shape index (κ3) is 5.85. The third-order valence-corrected chi connectivity index (χ3v) is 8.76. The maximum Gasteiger partial charge on any atom is 0.255 e. The van der Waals surface area contributed by atoms with Crippen LogP contribution in [-0.2, 0) is 21.2 Å². The lowest BCUT2D eigenvalue weighted by molar-refractivity contribution is -0.131. The van der Waals surface area contributed by atoms with Gasteiger partial charge in [-0.2, -0.15) is 0 Å². The van der Waals surface area contributed by atoms with E-state index >= 15 is 0 Å². The van der Waals surface area contributed by atoms with Crippen molar-refractivity contribution >= 4 is 38.5 Å². The molecule has 1 saturated heterocycles. The molecule has 0 bridgehead atoms. The molecule has 0 saturated carbocycles. The van der Waals surface area contributed by atoms with Gasteiger partial charge in [-0.3, -0.25) is 18.9 Å². The number of rotatable bonds is 7. The van der Waals surface area contributed by atoms with Crippen LogP contribution in [0.15, 0.2) is 59.1 Å². The van der Waals surface area contributed by atoms with Gasteiger partial charge in [-0.15, -0.1) is 0 Å². The fraction of sp³-hybridized carbons (Fsp3) is 0.300. The van der Waals surface area contributed by atoms with E-state index in [0.717, 1.165) is 16.8 Å². The van der Waals surface area contributed by atoms with E-state index in [0.29, 0.717) is 53.8 Å². The van der Waals surface area contributed by atoms with Crippen LogP contribution in [0, 0.1) is 11.6 Å². The highest BCUT2D eigenvalue weighted by molar-refractivity contribution is 7.92. The number of furan rings is 1. The zero-order valence-corrected chi connectivity index (χ0v) is 24.2. The van der Waals surface area contributed by atoms with E-state index in [1.165, 1.54) is 50.5 Å². The maximum absolute atomic E-state index is 13.7. The standard InChI is InChI=1S/C30H30F2N4O5S/c1-33-30(38)28-24-14-23(19-5-4-12-36(17-19)27(37)13-22-11-10-21(32)16-34-22)25(35(2)42(3,39)40)15-26(24)41-29(28)18-6-8-20(31)9-7-18/h6-11,14-16,19H,4-5,12-13,17H2,1-3H3,(H,33,38)/t19-/m1/s1. The third-order valence-electron chi connectivity index (χ3n) is 7.57. The molecule has 42 heavy (non-hydrogen) atoms. The van der Waals surface area contributed by atoms with Gasteiger partial charge in [0, 0.05) is 55.8 Å². The molecular formula is C30H30F2N4O5S. The van der Waals surface area contributed by atoms with Gasteiger partial charge < -0.3 is 14.6 Å². The van der Waals surface area contributed by atoms with Crippen LogP contribution in [0.1, 0.15) is 40.4 Å². The van der Waals surface area contributed by atoms with Gasteiger partial charge in [0.2, 0.25) is 15.9 Å². The van der Waals surface area contributed by atoms with Crippen LogP contribution >= 0.6 is 0 Å². The van der Waals surface area contributed by atoms with E-state index in [9.17, 15) is 26.8 Å². The second-order valence-electron chi connectivity index (χ2n) is 10.4. The number of amides is 2. The van der Waals surface area contributed by atoms with Crippen molar-refractivity contribution in [2.75, 3.05) is 37.7 Å². The first-order valence-corrected chi connectivity index (χ1v) is 15.2. The summed E-state index contributed by atoms with van der Waals surface area (Å²) < 4.78 is 59.6. The Bertz CT molecular complexity index is 1760. The Morgan fingerprint density at radius 1 is 1.12 bits per heavy atom. The SMILES string of the molecule is CNC(=O)c1c(-c2ccc(F)cc2)oc2cc(N(C)S(C)(=O)=O)c([C@@H]3CCCN(C(=O)Cc4ccc(F)cn4)C3)cc12. The van der Waals surface area contributed by atoms with E-state index in [-0.39, 0.29) is 35.2 Å². The molecule has 1 aliphatic rings. The van der Waals surface area contributed by atoms with E-state index in [2.05, 4.69) is 10.3 Å². The highest BCUT2D eigenvalue weighted by Gasteiger charge is 2.31. The molecule has 5 rings (SSSR count). The molecule has 1 aliphatic heterocycles. The minimum Gasteiger partial charge on any atom is -0.455 e. The number of sulfonamides is 1. The van der Waals surface area contributed by atoms with Crippen molar-refractivity contribution in [3.8, 4) is 11.3 Å². The number of pyridine rings is 1. The first-order chi connectivity index (χ1) is 20.0. The predicted molar refractivity (Wildman–Crippen MR) is 155 cm³/mol. The molecule has 12 heteroatoms. The summed E-state index contributed by atoms with van der Waals surface area (Å²) in [6.45, 7) is 0.827. The molecule has 220 valence electrons. The van der Waals surface area contributed by atoms with Crippen molar-refractivity contribution in [2.24, 2.45) is 0 Å². The first kappa shape index (κ1) is 29.2. The molecule has 0 unspecified atom stereocenters. The van der Waals surface area contributed by atoms with Gasteiger partial charge in [-0.1, -0.05) is 0 Å². The van der Waals surface area contributed by atoms with Crippen LogP contribution in [-0.4, -0.2) is 63.6 Å². The van der Waals surface area contributed by atoms with E-state index < -0.39 is 27.6 Å². The van der Waals surface area contributed by atoms with Crippen molar-refractivity contribution in [3.05, 3.63) is 83.2 Å². The number of benzene rings is 2. The average Bonchev–Trinajstić information content (AvgIpc) is 3.35. The van der Waals surface area contributed by atoms with Crippen molar-refractivity contribution in [3.63, 3.8) is 0 Å². The quantitative estimate of drug-likeness (QED) is 0.337. The number of carbonyl (C=O) groups is 2. The number of nitrogens with zero attached hydrogens (tertiary/aromatic N) is 3. The number of likely N-dealkylation sites (tertiary alicyclic amines) is 1. The summed E-state index contributed by atoms with van der Waals surface area (Å²) in [5.41, 5.74) is 2.46. The molecule has 0 aliphatic carbocycles. The Balaban J connectivity index is 1.60. The summed E-state index contributed by atoms with van der Waals surface area (Å²) >= 11 is 0. The zero-order valence-electron chi connectivity index (χ0n) is 23.4. The monoisotopic (exact) mass is 596 g/mol. The van der Waals surface area contributed by atoms with Gasteiger partial charge in [0.1, 0.15) is 23.0 Å². The van der Waals surface area contributed by atoms with Crippen LogP contribution in [0.3, 0.4) is 0 Å². The fourth-order valence-electron chi connectivity index (χ4n) is 5.32. The van der Waals surface area contributed by atoms with Crippen LogP contribution < -0.4 is 9.62 Å². The van der Waals surface area contributed by atoms with Gasteiger partial charge in [0.05, 0.1) is 30.1 Å². The number of nitrogens with one attached hydrogen (secondary N) is 1. The molecule has 0 radical (unpaired) electrons. The van der Waals surface area contributed by atoms with Crippen LogP contribution in [0.4, 0.5) is 14.5 Å². The summed E-state index contributed by atoms with van der Waals surface area (Å²) in [6.07, 6.45) is 3.51. The second-order valence-corrected chi connectivity index (χ2v) is 12.4. The summed E-state index contributed by atoms with van der Waals surface area (Å²) in [5.74, 6) is -1.56. The minimum atomic E-state index is -3.69. The van der Waals surface area contributed by atoms with Gasteiger partial charge in [0.15, 0.2) is 0 Å².